The predicted octanol–water partition coefficient (Wildman–Crippen LogP) is 3.54. The fraction of sp³-hybridized carbons (Fsp3) is 0.462. The summed E-state index contributed by atoms with van der Waals surface area (Å²) in [7, 11) is 1.18. The Bertz CT molecular complexity index is 649. The Hall–Kier alpha value is -0.660. The first-order valence-electron chi connectivity index (χ1n) is 6.26. The summed E-state index contributed by atoms with van der Waals surface area (Å²) in [5, 5.41) is 2.59. The minimum Gasteiger partial charge on any atom is -0.352 e. The summed E-state index contributed by atoms with van der Waals surface area (Å²) in [6.45, 7) is 6.34. The summed E-state index contributed by atoms with van der Waals surface area (Å²) in [6.07, 6.45) is 0. The van der Waals surface area contributed by atoms with Gasteiger partial charge < -0.3 is 5.32 Å². The van der Waals surface area contributed by atoms with Gasteiger partial charge in [-0.25, -0.2) is 12.8 Å². The van der Waals surface area contributed by atoms with E-state index in [1.165, 1.54) is 0 Å². The van der Waals surface area contributed by atoms with Gasteiger partial charge in [0.15, 0.2) is 0 Å². The zero-order valence-electron chi connectivity index (χ0n) is 11.8. The van der Waals surface area contributed by atoms with E-state index >= 15 is 0 Å². The van der Waals surface area contributed by atoms with Crippen LogP contribution in [0.5, 0.6) is 0 Å². The first-order valence-corrected chi connectivity index (χ1v) is 9.36. The third kappa shape index (κ3) is 4.93. The number of nitrogens with one attached hydrogen (secondary N) is 1. The Morgan fingerprint density at radius 3 is 2.43 bits per heavy atom. The van der Waals surface area contributed by atoms with Crippen molar-refractivity contribution in [2.75, 3.05) is 6.54 Å². The molecule has 0 fully saturated rings. The van der Waals surface area contributed by atoms with Crippen molar-refractivity contribution in [2.45, 2.75) is 25.7 Å². The minimum absolute atomic E-state index is 0.0258. The lowest BCUT2D eigenvalue weighted by molar-refractivity contribution is 0.0940. The van der Waals surface area contributed by atoms with E-state index in [2.05, 4.69) is 21.2 Å². The lowest BCUT2D eigenvalue weighted by Gasteiger charge is -2.16. The number of carbonyl (C=O) groups is 1. The third-order valence-electron chi connectivity index (χ3n) is 3.25. The molecule has 1 atom stereocenters. The van der Waals surface area contributed by atoms with Gasteiger partial charge in [0.2, 0.25) is 0 Å². The molecular weight excluding hydrogens is 385 g/mol. The lowest BCUT2D eigenvalue weighted by Crippen LogP contribution is -2.30. The Morgan fingerprint density at radius 1 is 1.38 bits per heavy atom. The van der Waals surface area contributed by atoms with Gasteiger partial charge in [-0.3, -0.25) is 4.79 Å². The lowest BCUT2D eigenvalue weighted by atomic mass is 9.98. The minimum atomic E-state index is -4.07. The summed E-state index contributed by atoms with van der Waals surface area (Å²) in [5.41, 5.74) is -0.353. The van der Waals surface area contributed by atoms with Crippen molar-refractivity contribution in [2.24, 2.45) is 11.8 Å². The Morgan fingerprint density at radius 2 is 1.95 bits per heavy atom. The molecule has 0 spiro atoms. The van der Waals surface area contributed by atoms with Crippen LogP contribution in [0.25, 0.3) is 0 Å². The van der Waals surface area contributed by atoms with Gasteiger partial charge >= 0.3 is 0 Å². The van der Waals surface area contributed by atoms with Crippen LogP contribution in [0.2, 0.25) is 0 Å². The standard InChI is InChI=1S/C13H16BrClFNO3S/c1-7(2)8(3)6-17-13(18)9-4-12(21(15,19)20)10(14)5-11(9)16/h4-5,7-8H,6H2,1-3H3,(H,17,18). The summed E-state index contributed by atoms with van der Waals surface area (Å²) in [4.78, 5) is 11.6. The largest absolute Gasteiger partial charge is 0.352 e. The molecule has 1 unspecified atom stereocenters. The molecule has 0 bridgehead atoms. The third-order valence-corrected chi connectivity index (χ3v) is 5.53. The Kier molecular flexibility index (Phi) is 6.19. The van der Waals surface area contributed by atoms with Crippen LogP contribution in [0.3, 0.4) is 0 Å². The monoisotopic (exact) mass is 399 g/mol. The van der Waals surface area contributed by atoms with Crippen LogP contribution in [0.4, 0.5) is 4.39 Å². The van der Waals surface area contributed by atoms with Crippen LogP contribution in [0.15, 0.2) is 21.5 Å². The van der Waals surface area contributed by atoms with Crippen LogP contribution in [-0.2, 0) is 9.05 Å². The molecule has 1 amide bonds. The number of hydrogen-bond donors (Lipinski definition) is 1. The highest BCUT2D eigenvalue weighted by atomic mass is 79.9. The van der Waals surface area contributed by atoms with E-state index in [1.807, 2.05) is 20.8 Å². The maximum Gasteiger partial charge on any atom is 0.262 e. The number of rotatable bonds is 5. The summed E-state index contributed by atoms with van der Waals surface area (Å²) in [6, 6.07) is 1.84. The van der Waals surface area contributed by atoms with Gasteiger partial charge in [-0.2, -0.15) is 0 Å². The highest BCUT2D eigenvalue weighted by molar-refractivity contribution is 9.10. The molecule has 0 aliphatic carbocycles. The average molecular weight is 401 g/mol. The van der Waals surface area contributed by atoms with Gasteiger partial charge in [0.25, 0.3) is 15.0 Å². The van der Waals surface area contributed by atoms with Crippen molar-refractivity contribution < 1.29 is 17.6 Å². The molecule has 0 radical (unpaired) electrons. The van der Waals surface area contributed by atoms with Crippen LogP contribution in [0.1, 0.15) is 31.1 Å². The van der Waals surface area contributed by atoms with Crippen molar-refractivity contribution in [3.8, 4) is 0 Å². The maximum atomic E-state index is 13.8. The molecule has 8 heteroatoms. The second-order valence-corrected chi connectivity index (χ2v) is 8.52. The molecule has 0 aliphatic heterocycles. The van der Waals surface area contributed by atoms with E-state index in [4.69, 9.17) is 10.7 Å². The molecule has 0 saturated heterocycles. The van der Waals surface area contributed by atoms with E-state index in [9.17, 15) is 17.6 Å². The van der Waals surface area contributed by atoms with Gasteiger partial charge in [0.1, 0.15) is 5.82 Å². The summed E-state index contributed by atoms with van der Waals surface area (Å²) >= 11 is 2.91. The van der Waals surface area contributed by atoms with Gasteiger partial charge in [0, 0.05) is 21.7 Å². The highest BCUT2D eigenvalue weighted by Gasteiger charge is 2.21. The smallest absolute Gasteiger partial charge is 0.262 e. The zero-order valence-corrected chi connectivity index (χ0v) is 14.9. The summed E-state index contributed by atoms with van der Waals surface area (Å²) < 4.78 is 36.6. The molecule has 1 aromatic carbocycles. The van der Waals surface area contributed by atoms with Crippen LogP contribution in [0, 0.1) is 17.7 Å². The molecular formula is C13H16BrClFNO3S. The number of carbonyl (C=O) groups excluding carboxylic acids is 1. The van der Waals surface area contributed by atoms with E-state index in [-0.39, 0.29) is 20.8 Å². The van der Waals surface area contributed by atoms with Crippen molar-refractivity contribution in [3.05, 3.63) is 28.0 Å². The van der Waals surface area contributed by atoms with Crippen molar-refractivity contribution in [3.63, 3.8) is 0 Å². The maximum absolute atomic E-state index is 13.8. The fourth-order valence-electron chi connectivity index (χ4n) is 1.47. The zero-order chi connectivity index (χ0) is 16.4. The molecule has 0 saturated carbocycles. The van der Waals surface area contributed by atoms with E-state index in [0.717, 1.165) is 12.1 Å². The van der Waals surface area contributed by atoms with E-state index < -0.39 is 20.8 Å². The molecule has 0 aromatic heterocycles. The molecule has 0 aliphatic rings. The van der Waals surface area contributed by atoms with Crippen LogP contribution < -0.4 is 5.32 Å². The normalized spacial score (nSPS) is 13.3. The molecule has 1 rings (SSSR count). The number of amides is 1. The van der Waals surface area contributed by atoms with Crippen LogP contribution in [-0.4, -0.2) is 20.9 Å². The Labute approximate surface area is 136 Å². The van der Waals surface area contributed by atoms with Gasteiger partial charge in [0.05, 0.1) is 10.5 Å². The number of halogens is 3. The van der Waals surface area contributed by atoms with Gasteiger partial charge in [-0.05, 0) is 39.9 Å². The van der Waals surface area contributed by atoms with Gasteiger partial charge in [-0.1, -0.05) is 20.8 Å². The number of hydrogen-bond acceptors (Lipinski definition) is 3. The second-order valence-electron chi connectivity index (χ2n) is 5.13. The Balaban J connectivity index is 3.05. The van der Waals surface area contributed by atoms with Crippen LogP contribution >= 0.6 is 26.6 Å². The highest BCUT2D eigenvalue weighted by Crippen LogP contribution is 2.28. The quantitative estimate of drug-likeness (QED) is 0.769. The second kappa shape index (κ2) is 7.07. The average Bonchev–Trinajstić information content (AvgIpc) is 2.33. The first-order chi connectivity index (χ1) is 9.54. The molecule has 21 heavy (non-hydrogen) atoms. The molecule has 0 heterocycles. The number of benzene rings is 1. The van der Waals surface area contributed by atoms with Crippen molar-refractivity contribution >= 4 is 41.6 Å². The van der Waals surface area contributed by atoms with Crippen molar-refractivity contribution in [1.82, 2.24) is 5.32 Å². The molecule has 1 N–H and O–H groups in total. The van der Waals surface area contributed by atoms with E-state index in [1.54, 1.807) is 0 Å². The van der Waals surface area contributed by atoms with E-state index in [0.29, 0.717) is 12.5 Å². The molecule has 1 aromatic rings. The summed E-state index contributed by atoms with van der Waals surface area (Å²) in [5.74, 6) is -0.919. The molecule has 118 valence electrons. The predicted molar refractivity (Wildman–Crippen MR) is 83.5 cm³/mol. The first kappa shape index (κ1) is 18.4. The fourth-order valence-corrected chi connectivity index (χ4v) is 3.64. The van der Waals surface area contributed by atoms with Gasteiger partial charge in [-0.15, -0.1) is 0 Å². The topological polar surface area (TPSA) is 63.2 Å². The van der Waals surface area contributed by atoms with Crippen molar-refractivity contribution in [1.29, 1.82) is 0 Å². The molecule has 4 nitrogen and oxygen atoms in total. The SMILES string of the molecule is CC(C)C(C)CNC(=O)c1cc(S(=O)(=O)Cl)c(Br)cc1F.